The number of oxazole rings is 1. The van der Waals surface area contributed by atoms with Gasteiger partial charge in [-0.2, -0.15) is 0 Å². The number of aryl methyl sites for hydroxylation is 1. The van der Waals surface area contributed by atoms with Crippen LogP contribution in [0.3, 0.4) is 0 Å². The molecule has 0 aliphatic carbocycles. The maximum absolute atomic E-state index is 12.6. The van der Waals surface area contributed by atoms with Crippen LogP contribution < -0.4 is 11.1 Å². The van der Waals surface area contributed by atoms with Crippen LogP contribution in [0.4, 0.5) is 10.5 Å². The van der Waals surface area contributed by atoms with E-state index in [4.69, 9.17) is 9.15 Å². The summed E-state index contributed by atoms with van der Waals surface area (Å²) in [6, 6.07) is 4.42. The maximum atomic E-state index is 12.6. The van der Waals surface area contributed by atoms with Gasteiger partial charge in [0.25, 0.3) is 0 Å². The Kier molecular flexibility index (Phi) is 4.52. The number of ether oxygens (including phenoxy) is 1. The minimum absolute atomic E-state index is 0.286. The van der Waals surface area contributed by atoms with E-state index in [9.17, 15) is 14.4 Å². The van der Waals surface area contributed by atoms with Gasteiger partial charge >= 0.3 is 11.8 Å². The summed E-state index contributed by atoms with van der Waals surface area (Å²) in [5.74, 6) is -0.749. The lowest BCUT2D eigenvalue weighted by molar-refractivity contribution is -0.120. The second-order valence-corrected chi connectivity index (χ2v) is 7.43. The van der Waals surface area contributed by atoms with Gasteiger partial charge in [-0.1, -0.05) is 0 Å². The number of nitrogens with zero attached hydrogens (tertiary/aromatic N) is 2. The second-order valence-electron chi connectivity index (χ2n) is 7.43. The summed E-state index contributed by atoms with van der Waals surface area (Å²) in [5.41, 5.74) is 0.930. The highest BCUT2D eigenvalue weighted by atomic mass is 16.6. The largest absolute Gasteiger partial charge is 0.444 e. The van der Waals surface area contributed by atoms with Crippen molar-refractivity contribution >= 4 is 28.8 Å². The van der Waals surface area contributed by atoms with Gasteiger partial charge in [0.05, 0.1) is 5.52 Å². The van der Waals surface area contributed by atoms with Crippen LogP contribution in [0.5, 0.6) is 0 Å². The van der Waals surface area contributed by atoms with Gasteiger partial charge in [0.2, 0.25) is 5.91 Å². The first-order valence-electron chi connectivity index (χ1n) is 8.56. The number of hydrogen-bond acceptors (Lipinski definition) is 5. The van der Waals surface area contributed by atoms with Gasteiger partial charge in [-0.3, -0.25) is 14.3 Å². The number of hydrogen-bond donors (Lipinski definition) is 1. The van der Waals surface area contributed by atoms with Crippen LogP contribution in [0, 0.1) is 0 Å². The Morgan fingerprint density at radius 3 is 2.73 bits per heavy atom. The molecule has 1 aliphatic heterocycles. The molecule has 0 bridgehead atoms. The summed E-state index contributed by atoms with van der Waals surface area (Å²) in [5, 5.41) is 2.79. The van der Waals surface area contributed by atoms with Crippen LogP contribution in [-0.2, 0) is 16.6 Å². The topological polar surface area (TPSA) is 93.8 Å². The lowest BCUT2D eigenvalue weighted by atomic mass is 10.2. The van der Waals surface area contributed by atoms with E-state index >= 15 is 0 Å². The van der Waals surface area contributed by atoms with Crippen LogP contribution in [-0.4, -0.2) is 39.7 Å². The Morgan fingerprint density at radius 2 is 2.04 bits per heavy atom. The Hall–Kier alpha value is -2.77. The molecule has 140 valence electrons. The molecule has 2 aromatic rings. The first-order chi connectivity index (χ1) is 12.2. The molecule has 8 nitrogen and oxygen atoms in total. The predicted molar refractivity (Wildman–Crippen MR) is 96.0 cm³/mol. The normalized spacial score (nSPS) is 17.5. The Morgan fingerprint density at radius 1 is 1.31 bits per heavy atom. The molecular weight excluding hydrogens is 338 g/mol. The SMILES string of the molecule is Cn1c(=O)oc2cc(NC(=O)C3CCCN3C(=O)OC(C)(C)C)ccc21. The van der Waals surface area contributed by atoms with Gasteiger partial charge in [0.1, 0.15) is 11.6 Å². The standard InChI is InChI=1S/C18H23N3O5/c1-18(2,3)26-17(24)21-9-5-6-13(21)15(22)19-11-7-8-12-14(10-11)25-16(23)20(12)4/h7-8,10,13H,5-6,9H2,1-4H3,(H,19,22). The van der Waals surface area contributed by atoms with E-state index in [1.54, 1.807) is 46.0 Å². The van der Waals surface area contributed by atoms with Crippen molar-refractivity contribution in [3.05, 3.63) is 28.7 Å². The van der Waals surface area contributed by atoms with Crippen molar-refractivity contribution in [3.8, 4) is 0 Å². The van der Waals surface area contributed by atoms with E-state index in [1.807, 2.05) is 0 Å². The number of fused-ring (bicyclic) bond motifs is 1. The summed E-state index contributed by atoms with van der Waals surface area (Å²) in [4.78, 5) is 38.0. The number of anilines is 1. The van der Waals surface area contributed by atoms with Gasteiger partial charge in [-0.25, -0.2) is 9.59 Å². The molecule has 0 radical (unpaired) electrons. The van der Waals surface area contributed by atoms with Crippen molar-refractivity contribution in [1.82, 2.24) is 9.47 Å². The molecule has 0 spiro atoms. The maximum Gasteiger partial charge on any atom is 0.419 e. The minimum atomic E-state index is -0.614. The van der Waals surface area contributed by atoms with E-state index < -0.39 is 23.5 Å². The Bertz CT molecular complexity index is 906. The van der Waals surface area contributed by atoms with Crippen molar-refractivity contribution in [2.24, 2.45) is 7.05 Å². The number of aromatic nitrogens is 1. The molecule has 0 saturated carbocycles. The highest BCUT2D eigenvalue weighted by molar-refractivity contribution is 5.98. The number of carbonyl (C=O) groups excluding carboxylic acids is 2. The fourth-order valence-corrected chi connectivity index (χ4v) is 3.02. The molecule has 1 N–H and O–H groups in total. The van der Waals surface area contributed by atoms with Gasteiger partial charge < -0.3 is 14.5 Å². The van der Waals surface area contributed by atoms with Crippen molar-refractivity contribution in [1.29, 1.82) is 0 Å². The number of amides is 2. The van der Waals surface area contributed by atoms with Gasteiger partial charge in [-0.15, -0.1) is 0 Å². The van der Waals surface area contributed by atoms with Gasteiger partial charge in [-0.05, 0) is 45.7 Å². The van der Waals surface area contributed by atoms with E-state index in [0.717, 1.165) is 6.42 Å². The zero-order valence-corrected chi connectivity index (χ0v) is 15.4. The number of likely N-dealkylation sites (tertiary alicyclic amines) is 1. The molecule has 1 unspecified atom stereocenters. The number of benzene rings is 1. The minimum Gasteiger partial charge on any atom is -0.444 e. The zero-order valence-electron chi connectivity index (χ0n) is 15.4. The van der Waals surface area contributed by atoms with E-state index in [0.29, 0.717) is 29.8 Å². The molecular formula is C18H23N3O5. The quantitative estimate of drug-likeness (QED) is 0.887. The van der Waals surface area contributed by atoms with Crippen molar-refractivity contribution in [2.75, 3.05) is 11.9 Å². The molecule has 1 fully saturated rings. The average molecular weight is 361 g/mol. The summed E-state index contributed by atoms with van der Waals surface area (Å²) < 4.78 is 11.9. The third-order valence-corrected chi connectivity index (χ3v) is 4.24. The summed E-state index contributed by atoms with van der Waals surface area (Å²) >= 11 is 0. The molecule has 8 heteroatoms. The van der Waals surface area contributed by atoms with Crippen LogP contribution in [0.15, 0.2) is 27.4 Å². The highest BCUT2D eigenvalue weighted by Gasteiger charge is 2.36. The first kappa shape index (κ1) is 18.0. The van der Waals surface area contributed by atoms with Gasteiger partial charge in [0.15, 0.2) is 5.58 Å². The lowest BCUT2D eigenvalue weighted by Gasteiger charge is -2.28. The number of carbonyl (C=O) groups is 2. The highest BCUT2D eigenvalue weighted by Crippen LogP contribution is 2.23. The summed E-state index contributed by atoms with van der Waals surface area (Å²) in [6.45, 7) is 5.86. The predicted octanol–water partition coefficient (Wildman–Crippen LogP) is 2.47. The summed E-state index contributed by atoms with van der Waals surface area (Å²) in [6.07, 6.45) is 0.831. The van der Waals surface area contributed by atoms with Crippen LogP contribution in [0.1, 0.15) is 33.6 Å². The average Bonchev–Trinajstić information content (AvgIpc) is 3.11. The monoisotopic (exact) mass is 361 g/mol. The Labute approximate surface area is 150 Å². The fourth-order valence-electron chi connectivity index (χ4n) is 3.02. The smallest absolute Gasteiger partial charge is 0.419 e. The molecule has 26 heavy (non-hydrogen) atoms. The van der Waals surface area contributed by atoms with Crippen LogP contribution in [0.2, 0.25) is 0 Å². The molecule has 2 heterocycles. The van der Waals surface area contributed by atoms with Crippen LogP contribution >= 0.6 is 0 Å². The molecule has 3 rings (SSSR count). The zero-order chi connectivity index (χ0) is 19.1. The lowest BCUT2D eigenvalue weighted by Crippen LogP contribution is -2.45. The Balaban J connectivity index is 1.74. The second kappa shape index (κ2) is 6.51. The summed E-state index contributed by atoms with van der Waals surface area (Å²) in [7, 11) is 1.61. The molecule has 2 amide bonds. The molecule has 1 aliphatic rings. The third kappa shape index (κ3) is 3.58. The molecule has 1 saturated heterocycles. The van der Waals surface area contributed by atoms with E-state index in [2.05, 4.69) is 5.32 Å². The van der Waals surface area contributed by atoms with Crippen molar-refractivity contribution in [3.63, 3.8) is 0 Å². The number of nitrogens with one attached hydrogen (secondary N) is 1. The number of rotatable bonds is 2. The molecule has 1 aromatic heterocycles. The molecule has 1 aromatic carbocycles. The van der Waals surface area contributed by atoms with Crippen LogP contribution in [0.25, 0.3) is 11.1 Å². The first-order valence-corrected chi connectivity index (χ1v) is 8.56. The van der Waals surface area contributed by atoms with Gasteiger partial charge in [0, 0.05) is 25.3 Å². The van der Waals surface area contributed by atoms with E-state index in [1.165, 1.54) is 9.47 Å². The van der Waals surface area contributed by atoms with E-state index in [-0.39, 0.29) is 5.91 Å². The molecule has 1 atom stereocenters. The third-order valence-electron chi connectivity index (χ3n) is 4.24. The van der Waals surface area contributed by atoms with Crippen molar-refractivity contribution < 1.29 is 18.7 Å². The van der Waals surface area contributed by atoms with Crippen molar-refractivity contribution in [2.45, 2.75) is 45.3 Å². The fraction of sp³-hybridized carbons (Fsp3) is 0.500.